The molecule has 0 aliphatic carbocycles. The van der Waals surface area contributed by atoms with E-state index in [0.29, 0.717) is 12.1 Å². The summed E-state index contributed by atoms with van der Waals surface area (Å²) in [5, 5.41) is 0. The molecule has 4 rings (SSSR count). The molecule has 0 saturated carbocycles. The molecular formula is C26H36F6MnN6O6S2. The number of likely N-dealkylation sites (tertiary alicyclic amines) is 2. The first-order valence-electron chi connectivity index (χ1n) is 13.8. The average molecular weight is 762 g/mol. The molecule has 1 radical (unpaired) electrons. The fraction of sp³-hybridized carbons (Fsp3) is 0.615. The molecule has 2 saturated heterocycles. The van der Waals surface area contributed by atoms with Crippen molar-refractivity contribution >= 4 is 31.6 Å². The molecule has 12 nitrogen and oxygen atoms in total. The Labute approximate surface area is 281 Å². The van der Waals surface area contributed by atoms with Gasteiger partial charge in [-0.15, -0.1) is 0 Å². The average Bonchev–Trinajstić information content (AvgIpc) is 3.56. The van der Waals surface area contributed by atoms with Gasteiger partial charge in [0.15, 0.2) is 20.2 Å². The van der Waals surface area contributed by atoms with E-state index in [1.165, 1.54) is 61.5 Å². The van der Waals surface area contributed by atoms with Gasteiger partial charge in [-0.25, -0.2) is 16.8 Å². The number of pyridine rings is 2. The Morgan fingerprint density at radius 3 is 1.28 bits per heavy atom. The summed E-state index contributed by atoms with van der Waals surface area (Å²) in [6.45, 7) is 4.25. The van der Waals surface area contributed by atoms with Gasteiger partial charge in [-0.2, -0.15) is 26.3 Å². The molecule has 47 heavy (non-hydrogen) atoms. The van der Waals surface area contributed by atoms with Gasteiger partial charge in [-0.05, 0) is 63.0 Å². The zero-order chi connectivity index (χ0) is 35.1. The molecule has 0 bridgehead atoms. The van der Waals surface area contributed by atoms with Crippen LogP contribution < -0.4 is 9.80 Å². The van der Waals surface area contributed by atoms with Crippen LogP contribution in [0.4, 0.5) is 37.7 Å². The monoisotopic (exact) mass is 761 g/mol. The number of nitrogens with zero attached hydrogens (tertiary/aromatic N) is 6. The minimum absolute atomic E-state index is 0. The van der Waals surface area contributed by atoms with Gasteiger partial charge in [-0.1, -0.05) is 0 Å². The van der Waals surface area contributed by atoms with Crippen LogP contribution in [0, 0.1) is 0 Å². The molecule has 2 fully saturated rings. The van der Waals surface area contributed by atoms with E-state index in [1.54, 1.807) is 0 Å². The molecule has 267 valence electrons. The number of rotatable bonds is 7. The normalized spacial score (nSPS) is 19.1. The second-order valence-corrected chi connectivity index (χ2v) is 13.7. The maximum atomic E-state index is 10.7. The van der Waals surface area contributed by atoms with Gasteiger partial charge in [0.2, 0.25) is 0 Å². The maximum Gasteiger partial charge on any atom is 2.00 e. The zero-order valence-corrected chi connectivity index (χ0v) is 28.7. The Hall–Kier alpha value is -2.26. The van der Waals surface area contributed by atoms with Crippen molar-refractivity contribution in [1.82, 2.24) is 19.8 Å². The number of aromatic nitrogens is 2. The fourth-order valence-electron chi connectivity index (χ4n) is 5.04. The van der Waals surface area contributed by atoms with Gasteiger partial charge in [0.1, 0.15) is 0 Å². The Bertz CT molecular complexity index is 1390. The van der Waals surface area contributed by atoms with Gasteiger partial charge < -0.3 is 18.9 Å². The van der Waals surface area contributed by atoms with Gasteiger partial charge in [0.05, 0.1) is 11.4 Å². The standard InChI is InChI=1S/C24H36N6.2CHF3O3S.Mn/c1-27(2)21-9-11-25-19(15-21)17-29-13-5-7-23(29)24-8-6-14-30(24)18-20-16-22(28(3)4)10-12-26-20;2*2-1(3,4)8(5,6)7;/h9-12,15-16,23-24H,5-8,13-14,17-18H2,1-4H3;2*(H,5,6,7);/q;;;+2/p-2/t23-,24-;;;/m0.../s1. The molecule has 2 aromatic heterocycles. The number of anilines is 2. The van der Waals surface area contributed by atoms with Gasteiger partial charge >= 0.3 is 28.1 Å². The van der Waals surface area contributed by atoms with E-state index < -0.39 is 31.3 Å². The Balaban J connectivity index is 0.000000541. The summed E-state index contributed by atoms with van der Waals surface area (Å²) in [5.74, 6) is 0. The van der Waals surface area contributed by atoms with E-state index in [-0.39, 0.29) is 17.1 Å². The molecule has 0 amide bonds. The Morgan fingerprint density at radius 2 is 1.02 bits per heavy atom. The van der Waals surface area contributed by atoms with Crippen LogP contribution in [-0.4, -0.2) is 110 Å². The molecule has 4 heterocycles. The maximum absolute atomic E-state index is 10.7. The van der Waals surface area contributed by atoms with Crippen LogP contribution in [0.1, 0.15) is 37.1 Å². The zero-order valence-electron chi connectivity index (χ0n) is 25.9. The third-order valence-electron chi connectivity index (χ3n) is 7.20. The summed E-state index contributed by atoms with van der Waals surface area (Å²) in [5.41, 5.74) is -6.48. The third kappa shape index (κ3) is 13.3. The van der Waals surface area contributed by atoms with Gasteiger partial charge in [0, 0.05) is 77.1 Å². The van der Waals surface area contributed by atoms with E-state index in [0.717, 1.165) is 13.1 Å². The predicted octanol–water partition coefficient (Wildman–Crippen LogP) is 3.34. The quantitative estimate of drug-likeness (QED) is 0.176. The Morgan fingerprint density at radius 1 is 0.723 bits per heavy atom. The van der Waals surface area contributed by atoms with Crippen molar-refractivity contribution < 1.29 is 69.4 Å². The molecule has 2 aliphatic heterocycles. The van der Waals surface area contributed by atoms with Crippen molar-refractivity contribution in [1.29, 1.82) is 0 Å². The van der Waals surface area contributed by atoms with Gasteiger partial charge in [0.25, 0.3) is 0 Å². The molecule has 0 unspecified atom stereocenters. The second kappa shape index (κ2) is 17.4. The molecular weight excluding hydrogens is 725 g/mol. The summed E-state index contributed by atoms with van der Waals surface area (Å²) in [6, 6.07) is 9.87. The van der Waals surface area contributed by atoms with E-state index in [9.17, 15) is 26.3 Å². The van der Waals surface area contributed by atoms with Gasteiger partial charge in [-0.3, -0.25) is 19.8 Å². The van der Waals surface area contributed by atoms with E-state index in [4.69, 9.17) is 25.9 Å². The summed E-state index contributed by atoms with van der Waals surface area (Å²) in [7, 11) is -3.82. The molecule has 0 N–H and O–H groups in total. The molecule has 2 aliphatic rings. The van der Waals surface area contributed by atoms with Crippen LogP contribution in [0.25, 0.3) is 0 Å². The molecule has 0 spiro atoms. The molecule has 21 heteroatoms. The minimum Gasteiger partial charge on any atom is -0.741 e. The molecule has 0 aromatic carbocycles. The third-order valence-corrected chi connectivity index (χ3v) is 8.34. The summed E-state index contributed by atoms with van der Waals surface area (Å²) < 4.78 is 118. The van der Waals surface area contributed by atoms with Crippen molar-refractivity contribution in [2.75, 3.05) is 51.1 Å². The van der Waals surface area contributed by atoms with Crippen molar-refractivity contribution in [2.24, 2.45) is 0 Å². The smallest absolute Gasteiger partial charge is 0.741 e. The first kappa shape index (κ1) is 42.8. The van der Waals surface area contributed by atoms with Crippen molar-refractivity contribution in [3.63, 3.8) is 0 Å². The molecule has 2 atom stereocenters. The Kier molecular flexibility index (Phi) is 15.8. The molecule has 2 aromatic rings. The fourth-order valence-corrected chi connectivity index (χ4v) is 5.04. The summed E-state index contributed by atoms with van der Waals surface area (Å²) in [6.07, 6.45) is 9.05. The van der Waals surface area contributed by atoms with E-state index in [1.807, 2.05) is 12.4 Å². The van der Waals surface area contributed by atoms with Crippen molar-refractivity contribution in [3.05, 3.63) is 48.0 Å². The predicted molar refractivity (Wildman–Crippen MR) is 155 cm³/mol. The van der Waals surface area contributed by atoms with E-state index in [2.05, 4.69) is 82.0 Å². The number of hydrogen-bond donors (Lipinski definition) is 0. The van der Waals surface area contributed by atoms with Crippen LogP contribution >= 0.6 is 0 Å². The largest absolute Gasteiger partial charge is 2.00 e. The van der Waals surface area contributed by atoms with Crippen LogP contribution in [0.15, 0.2) is 36.7 Å². The van der Waals surface area contributed by atoms with Crippen LogP contribution in [0.2, 0.25) is 0 Å². The van der Waals surface area contributed by atoms with Crippen molar-refractivity contribution in [3.8, 4) is 0 Å². The number of hydrogen-bond acceptors (Lipinski definition) is 12. The number of alkyl halides is 6. The topological polar surface area (TPSA) is 153 Å². The SMILES string of the molecule is CN(C)c1ccnc(CN2CCC[C@H]2[C@@H]2CCCN2Cc2cc(N(C)C)ccn2)c1.O=S(=O)([O-])C(F)(F)F.O=S(=O)([O-])C(F)(F)F.[Mn+2]. The minimum atomic E-state index is -6.09. The van der Waals surface area contributed by atoms with Crippen LogP contribution in [-0.2, 0) is 50.4 Å². The first-order chi connectivity index (χ1) is 21.0. The first-order valence-corrected chi connectivity index (χ1v) is 16.6. The summed E-state index contributed by atoms with van der Waals surface area (Å²) >= 11 is 0. The second-order valence-electron chi connectivity index (χ2n) is 11.0. The van der Waals surface area contributed by atoms with Crippen LogP contribution in [0.3, 0.4) is 0 Å². The summed E-state index contributed by atoms with van der Waals surface area (Å²) in [4.78, 5) is 19.0. The van der Waals surface area contributed by atoms with E-state index >= 15 is 0 Å². The number of halogens is 6. The van der Waals surface area contributed by atoms with Crippen molar-refractivity contribution in [2.45, 2.75) is 61.9 Å². The van der Waals surface area contributed by atoms with Crippen LogP contribution in [0.5, 0.6) is 0 Å².